The lowest BCUT2D eigenvalue weighted by atomic mass is 10.1. The number of hydrogen-bond acceptors (Lipinski definition) is 3. The fraction of sp³-hybridized carbons (Fsp3) is 0.462. The average Bonchev–Trinajstić information content (AvgIpc) is 2.38. The number of rotatable bonds is 2. The standard InChI is InChI=1S/C13H19N3O/c1-9-7-10(2)13-11(8-9)15-12(17)3-5-16(13)6-4-14/h7-8H,3-6,14H2,1-2H3,(H,15,17). The molecule has 0 aliphatic carbocycles. The lowest BCUT2D eigenvalue weighted by Gasteiger charge is -2.25. The maximum atomic E-state index is 11.6. The lowest BCUT2D eigenvalue weighted by Crippen LogP contribution is -2.30. The highest BCUT2D eigenvalue weighted by Gasteiger charge is 2.20. The molecule has 0 saturated carbocycles. The van der Waals surface area contributed by atoms with Crippen molar-refractivity contribution in [3.05, 3.63) is 23.3 Å². The summed E-state index contributed by atoms with van der Waals surface area (Å²) in [6, 6.07) is 4.16. The summed E-state index contributed by atoms with van der Waals surface area (Å²) in [6.45, 7) is 6.23. The number of carbonyl (C=O) groups excluding carboxylic acids is 1. The van der Waals surface area contributed by atoms with E-state index in [2.05, 4.69) is 23.2 Å². The van der Waals surface area contributed by atoms with E-state index < -0.39 is 0 Å². The summed E-state index contributed by atoms with van der Waals surface area (Å²) >= 11 is 0. The van der Waals surface area contributed by atoms with Gasteiger partial charge in [-0.3, -0.25) is 4.79 Å². The van der Waals surface area contributed by atoms with Gasteiger partial charge in [0, 0.05) is 26.1 Å². The van der Waals surface area contributed by atoms with Gasteiger partial charge in [0.1, 0.15) is 0 Å². The zero-order chi connectivity index (χ0) is 12.4. The summed E-state index contributed by atoms with van der Waals surface area (Å²) in [4.78, 5) is 13.8. The number of carbonyl (C=O) groups is 1. The van der Waals surface area contributed by atoms with E-state index in [1.165, 1.54) is 5.56 Å². The van der Waals surface area contributed by atoms with Gasteiger partial charge in [0.05, 0.1) is 11.4 Å². The Bertz CT molecular complexity index is 443. The molecule has 1 aliphatic heterocycles. The normalized spacial score (nSPS) is 15.2. The van der Waals surface area contributed by atoms with Crippen LogP contribution in [-0.2, 0) is 4.79 Å². The molecule has 4 heteroatoms. The van der Waals surface area contributed by atoms with Crippen LogP contribution in [0, 0.1) is 13.8 Å². The second-order valence-corrected chi connectivity index (χ2v) is 4.55. The number of hydrogen-bond donors (Lipinski definition) is 2. The van der Waals surface area contributed by atoms with Gasteiger partial charge in [-0.15, -0.1) is 0 Å². The van der Waals surface area contributed by atoms with Gasteiger partial charge in [-0.05, 0) is 31.0 Å². The zero-order valence-electron chi connectivity index (χ0n) is 10.4. The molecule has 0 atom stereocenters. The van der Waals surface area contributed by atoms with Crippen molar-refractivity contribution >= 4 is 17.3 Å². The smallest absolute Gasteiger partial charge is 0.226 e. The number of nitrogens with two attached hydrogens (primary N) is 1. The number of nitrogens with one attached hydrogen (secondary N) is 1. The van der Waals surface area contributed by atoms with Gasteiger partial charge in [0.2, 0.25) is 5.91 Å². The number of fused-ring (bicyclic) bond motifs is 1. The zero-order valence-corrected chi connectivity index (χ0v) is 10.4. The first-order valence-electron chi connectivity index (χ1n) is 5.98. The Morgan fingerprint density at radius 3 is 2.88 bits per heavy atom. The summed E-state index contributed by atoms with van der Waals surface area (Å²) in [5, 5.41) is 2.97. The molecular weight excluding hydrogens is 214 g/mol. The Labute approximate surface area is 102 Å². The van der Waals surface area contributed by atoms with Crippen LogP contribution < -0.4 is 16.0 Å². The Kier molecular flexibility index (Phi) is 3.33. The van der Waals surface area contributed by atoms with Gasteiger partial charge in [-0.25, -0.2) is 0 Å². The maximum absolute atomic E-state index is 11.6. The first kappa shape index (κ1) is 11.9. The number of amides is 1. The van der Waals surface area contributed by atoms with Gasteiger partial charge in [-0.2, -0.15) is 0 Å². The van der Waals surface area contributed by atoms with Crippen LogP contribution in [0.4, 0.5) is 11.4 Å². The molecule has 2 rings (SSSR count). The molecule has 0 aromatic heterocycles. The first-order valence-corrected chi connectivity index (χ1v) is 5.98. The summed E-state index contributed by atoms with van der Waals surface area (Å²) in [5.74, 6) is 0.0794. The molecular formula is C13H19N3O. The molecule has 1 heterocycles. The third kappa shape index (κ3) is 2.42. The number of nitrogens with zero attached hydrogens (tertiary/aromatic N) is 1. The lowest BCUT2D eigenvalue weighted by molar-refractivity contribution is -0.115. The van der Waals surface area contributed by atoms with Gasteiger partial charge in [-0.1, -0.05) is 6.07 Å². The predicted octanol–water partition coefficient (Wildman–Crippen LogP) is 1.41. The topological polar surface area (TPSA) is 58.4 Å². The first-order chi connectivity index (χ1) is 8.11. The molecule has 1 aromatic rings. The van der Waals surface area contributed by atoms with E-state index >= 15 is 0 Å². The number of benzene rings is 1. The van der Waals surface area contributed by atoms with E-state index in [0.29, 0.717) is 13.0 Å². The molecule has 1 amide bonds. The summed E-state index contributed by atoms with van der Waals surface area (Å²) in [6.07, 6.45) is 0.521. The van der Waals surface area contributed by atoms with Crippen molar-refractivity contribution in [1.29, 1.82) is 0 Å². The minimum atomic E-state index is 0.0794. The molecule has 17 heavy (non-hydrogen) atoms. The van der Waals surface area contributed by atoms with Crippen LogP contribution in [0.5, 0.6) is 0 Å². The van der Waals surface area contributed by atoms with Crippen LogP contribution in [0.3, 0.4) is 0 Å². The van der Waals surface area contributed by atoms with Crippen molar-refractivity contribution in [2.24, 2.45) is 5.73 Å². The molecule has 4 nitrogen and oxygen atoms in total. The van der Waals surface area contributed by atoms with Crippen LogP contribution in [0.25, 0.3) is 0 Å². The molecule has 1 aliphatic rings. The number of anilines is 2. The van der Waals surface area contributed by atoms with E-state index in [4.69, 9.17) is 5.73 Å². The average molecular weight is 233 g/mol. The molecule has 0 spiro atoms. The van der Waals surface area contributed by atoms with E-state index in [0.717, 1.165) is 30.0 Å². The van der Waals surface area contributed by atoms with Crippen molar-refractivity contribution in [3.8, 4) is 0 Å². The van der Waals surface area contributed by atoms with Gasteiger partial charge in [0.15, 0.2) is 0 Å². The van der Waals surface area contributed by atoms with Crippen LogP contribution in [0.2, 0.25) is 0 Å². The summed E-state index contributed by atoms with van der Waals surface area (Å²) in [5.41, 5.74) is 10.0. The predicted molar refractivity (Wildman–Crippen MR) is 70.4 cm³/mol. The quantitative estimate of drug-likeness (QED) is 0.812. The van der Waals surface area contributed by atoms with Crippen LogP contribution in [0.1, 0.15) is 17.5 Å². The molecule has 92 valence electrons. The molecule has 0 fully saturated rings. The minimum absolute atomic E-state index is 0.0794. The fourth-order valence-electron chi connectivity index (χ4n) is 2.42. The summed E-state index contributed by atoms with van der Waals surface area (Å²) < 4.78 is 0. The molecule has 0 bridgehead atoms. The van der Waals surface area contributed by atoms with Crippen molar-refractivity contribution in [3.63, 3.8) is 0 Å². The Hall–Kier alpha value is -1.55. The highest BCUT2D eigenvalue weighted by molar-refractivity contribution is 5.97. The van der Waals surface area contributed by atoms with E-state index in [-0.39, 0.29) is 5.91 Å². The fourth-order valence-corrected chi connectivity index (χ4v) is 2.42. The largest absolute Gasteiger partial charge is 0.368 e. The van der Waals surface area contributed by atoms with Gasteiger partial charge < -0.3 is 16.0 Å². The Balaban J connectivity index is 2.48. The van der Waals surface area contributed by atoms with Crippen LogP contribution in [-0.4, -0.2) is 25.5 Å². The Morgan fingerprint density at radius 2 is 2.18 bits per heavy atom. The highest BCUT2D eigenvalue weighted by Crippen LogP contribution is 2.33. The minimum Gasteiger partial charge on any atom is -0.368 e. The van der Waals surface area contributed by atoms with E-state index in [9.17, 15) is 4.79 Å². The van der Waals surface area contributed by atoms with E-state index in [1.807, 2.05) is 13.0 Å². The third-order valence-corrected chi connectivity index (χ3v) is 3.04. The van der Waals surface area contributed by atoms with Crippen molar-refractivity contribution in [1.82, 2.24) is 0 Å². The number of aryl methyl sites for hydroxylation is 2. The Morgan fingerprint density at radius 1 is 1.41 bits per heavy atom. The molecule has 1 aromatic carbocycles. The van der Waals surface area contributed by atoms with Crippen LogP contribution >= 0.6 is 0 Å². The van der Waals surface area contributed by atoms with E-state index in [1.54, 1.807) is 0 Å². The monoisotopic (exact) mass is 233 g/mol. The maximum Gasteiger partial charge on any atom is 0.226 e. The SMILES string of the molecule is Cc1cc(C)c2c(c1)NC(=O)CCN2CCN. The molecule has 0 radical (unpaired) electrons. The van der Waals surface area contributed by atoms with Gasteiger partial charge >= 0.3 is 0 Å². The third-order valence-electron chi connectivity index (χ3n) is 3.04. The van der Waals surface area contributed by atoms with Crippen molar-refractivity contribution in [2.45, 2.75) is 20.3 Å². The highest BCUT2D eigenvalue weighted by atomic mass is 16.1. The van der Waals surface area contributed by atoms with Crippen molar-refractivity contribution < 1.29 is 4.79 Å². The second-order valence-electron chi connectivity index (χ2n) is 4.55. The second kappa shape index (κ2) is 4.75. The van der Waals surface area contributed by atoms with Crippen molar-refractivity contribution in [2.75, 3.05) is 29.9 Å². The summed E-state index contributed by atoms with van der Waals surface area (Å²) in [7, 11) is 0. The molecule has 0 saturated heterocycles. The van der Waals surface area contributed by atoms with Crippen LogP contribution in [0.15, 0.2) is 12.1 Å². The molecule has 3 N–H and O–H groups in total. The molecule has 0 unspecified atom stereocenters. The van der Waals surface area contributed by atoms with Gasteiger partial charge in [0.25, 0.3) is 0 Å².